The summed E-state index contributed by atoms with van der Waals surface area (Å²) in [7, 11) is 0. The van der Waals surface area contributed by atoms with Crippen molar-refractivity contribution in [2.45, 2.75) is 47.0 Å². The van der Waals surface area contributed by atoms with Crippen LogP contribution in [0.25, 0.3) is 0 Å². The Bertz CT molecular complexity index is 501. The molecule has 0 atom stereocenters. The van der Waals surface area contributed by atoms with Crippen molar-refractivity contribution in [3.63, 3.8) is 0 Å². The summed E-state index contributed by atoms with van der Waals surface area (Å²) in [6.45, 7) is 11.2. The van der Waals surface area contributed by atoms with Crippen molar-refractivity contribution in [3.8, 4) is 0 Å². The number of aromatic nitrogens is 1. The number of carbonyl (C=O) groups is 1. The highest BCUT2D eigenvalue weighted by Crippen LogP contribution is 2.31. The molecule has 2 heterocycles. The van der Waals surface area contributed by atoms with Crippen LogP contribution in [0.5, 0.6) is 0 Å². The lowest BCUT2D eigenvalue weighted by Gasteiger charge is -2.37. The molecule has 4 nitrogen and oxygen atoms in total. The first-order chi connectivity index (χ1) is 9.93. The highest BCUT2D eigenvalue weighted by molar-refractivity contribution is 5.99. The number of piperidine rings is 1. The van der Waals surface area contributed by atoms with E-state index in [1.165, 1.54) is 0 Å². The van der Waals surface area contributed by atoms with E-state index >= 15 is 0 Å². The maximum Gasteiger partial charge on any atom is 0.257 e. The monoisotopic (exact) mass is 289 g/mol. The number of likely N-dealkylation sites (tertiary alicyclic amines) is 1. The Morgan fingerprint density at radius 3 is 2.67 bits per heavy atom. The van der Waals surface area contributed by atoms with E-state index in [4.69, 9.17) is 0 Å². The van der Waals surface area contributed by atoms with Gasteiger partial charge in [0.1, 0.15) is 0 Å². The fraction of sp³-hybridized carbons (Fsp3) is 0.647. The van der Waals surface area contributed by atoms with Gasteiger partial charge in [-0.05, 0) is 37.7 Å². The second-order valence-corrected chi connectivity index (χ2v) is 6.75. The van der Waals surface area contributed by atoms with Crippen LogP contribution in [0.15, 0.2) is 12.3 Å². The molecule has 1 aromatic rings. The molecule has 1 amide bonds. The molecular weight excluding hydrogens is 262 g/mol. The SMILES string of the molecule is CCCNc1cc(C)ncc1C(=O)N1CCC(C)(C)CC1. The third kappa shape index (κ3) is 3.96. The molecular formula is C17H27N3O. The van der Waals surface area contributed by atoms with Crippen molar-refractivity contribution in [1.82, 2.24) is 9.88 Å². The maximum absolute atomic E-state index is 12.8. The molecule has 21 heavy (non-hydrogen) atoms. The first-order valence-corrected chi connectivity index (χ1v) is 7.93. The minimum Gasteiger partial charge on any atom is -0.384 e. The third-order valence-electron chi connectivity index (χ3n) is 4.24. The Hall–Kier alpha value is -1.58. The molecule has 2 rings (SSSR count). The number of nitrogens with one attached hydrogen (secondary N) is 1. The summed E-state index contributed by atoms with van der Waals surface area (Å²) in [5.41, 5.74) is 2.91. The molecule has 0 spiro atoms. The Labute approximate surface area is 127 Å². The van der Waals surface area contributed by atoms with Gasteiger partial charge in [-0.2, -0.15) is 0 Å². The molecule has 1 aliphatic heterocycles. The minimum absolute atomic E-state index is 0.108. The average Bonchev–Trinajstić information content (AvgIpc) is 2.44. The molecule has 1 aromatic heterocycles. The van der Waals surface area contributed by atoms with Gasteiger partial charge in [0.25, 0.3) is 5.91 Å². The van der Waals surface area contributed by atoms with Crippen LogP contribution in [-0.4, -0.2) is 35.4 Å². The number of hydrogen-bond donors (Lipinski definition) is 1. The van der Waals surface area contributed by atoms with Crippen LogP contribution in [0.1, 0.15) is 56.1 Å². The quantitative estimate of drug-likeness (QED) is 0.923. The zero-order valence-corrected chi connectivity index (χ0v) is 13.7. The molecule has 116 valence electrons. The number of aryl methyl sites for hydroxylation is 1. The van der Waals surface area contributed by atoms with Gasteiger partial charge in [-0.3, -0.25) is 9.78 Å². The van der Waals surface area contributed by atoms with Gasteiger partial charge in [-0.25, -0.2) is 0 Å². The fourth-order valence-electron chi connectivity index (χ4n) is 2.62. The van der Waals surface area contributed by atoms with E-state index in [0.29, 0.717) is 11.0 Å². The van der Waals surface area contributed by atoms with E-state index < -0.39 is 0 Å². The van der Waals surface area contributed by atoms with E-state index in [2.05, 4.69) is 31.1 Å². The van der Waals surface area contributed by atoms with Crippen molar-refractivity contribution in [2.75, 3.05) is 25.0 Å². The molecule has 0 aliphatic carbocycles. The average molecular weight is 289 g/mol. The molecule has 0 saturated carbocycles. The summed E-state index contributed by atoms with van der Waals surface area (Å²) < 4.78 is 0. The normalized spacial score (nSPS) is 17.6. The standard InChI is InChI=1S/C17H27N3O/c1-5-8-18-15-11-13(2)19-12-14(15)16(21)20-9-6-17(3,4)7-10-20/h11-12H,5-10H2,1-4H3,(H,18,19). The molecule has 4 heteroatoms. The first kappa shape index (κ1) is 15.8. The van der Waals surface area contributed by atoms with E-state index in [0.717, 1.165) is 50.3 Å². The van der Waals surface area contributed by atoms with Crippen LogP contribution in [-0.2, 0) is 0 Å². The van der Waals surface area contributed by atoms with Gasteiger partial charge in [0.05, 0.1) is 11.3 Å². The Morgan fingerprint density at radius 2 is 2.05 bits per heavy atom. The van der Waals surface area contributed by atoms with Gasteiger partial charge in [0.15, 0.2) is 0 Å². The lowest BCUT2D eigenvalue weighted by molar-refractivity contribution is 0.0631. The zero-order chi connectivity index (χ0) is 15.5. The van der Waals surface area contributed by atoms with Gasteiger partial charge >= 0.3 is 0 Å². The highest BCUT2D eigenvalue weighted by atomic mass is 16.2. The molecule has 0 aromatic carbocycles. The van der Waals surface area contributed by atoms with Crippen LogP contribution in [0.4, 0.5) is 5.69 Å². The molecule has 0 radical (unpaired) electrons. The Kier molecular flexibility index (Phi) is 4.86. The van der Waals surface area contributed by atoms with Crippen molar-refractivity contribution in [1.29, 1.82) is 0 Å². The number of rotatable bonds is 4. The number of amides is 1. The molecule has 1 fully saturated rings. The maximum atomic E-state index is 12.8. The van der Waals surface area contributed by atoms with Crippen LogP contribution in [0.3, 0.4) is 0 Å². The van der Waals surface area contributed by atoms with Gasteiger partial charge in [-0.1, -0.05) is 20.8 Å². The van der Waals surface area contributed by atoms with Crippen molar-refractivity contribution >= 4 is 11.6 Å². The van der Waals surface area contributed by atoms with Crippen molar-refractivity contribution in [3.05, 3.63) is 23.5 Å². The predicted octanol–water partition coefficient (Wildman–Crippen LogP) is 3.47. The molecule has 1 N–H and O–H groups in total. The van der Waals surface area contributed by atoms with Gasteiger partial charge in [-0.15, -0.1) is 0 Å². The number of anilines is 1. The number of carbonyl (C=O) groups excluding carboxylic acids is 1. The number of pyridine rings is 1. The second-order valence-electron chi connectivity index (χ2n) is 6.75. The van der Waals surface area contributed by atoms with Gasteiger partial charge < -0.3 is 10.2 Å². The van der Waals surface area contributed by atoms with Gasteiger partial charge in [0.2, 0.25) is 0 Å². The predicted molar refractivity (Wildman–Crippen MR) is 86.7 cm³/mol. The summed E-state index contributed by atoms with van der Waals surface area (Å²) >= 11 is 0. The number of nitrogens with zero attached hydrogens (tertiary/aromatic N) is 2. The molecule has 0 bridgehead atoms. The lowest BCUT2D eigenvalue weighted by Crippen LogP contribution is -2.41. The number of hydrogen-bond acceptors (Lipinski definition) is 3. The molecule has 1 saturated heterocycles. The van der Waals surface area contributed by atoms with Crippen LogP contribution < -0.4 is 5.32 Å². The van der Waals surface area contributed by atoms with E-state index in [1.807, 2.05) is 17.9 Å². The third-order valence-corrected chi connectivity index (χ3v) is 4.24. The van der Waals surface area contributed by atoms with E-state index in [-0.39, 0.29) is 5.91 Å². The zero-order valence-electron chi connectivity index (χ0n) is 13.7. The summed E-state index contributed by atoms with van der Waals surface area (Å²) in [4.78, 5) is 19.0. The van der Waals surface area contributed by atoms with Crippen LogP contribution in [0, 0.1) is 12.3 Å². The summed E-state index contributed by atoms with van der Waals surface area (Å²) in [6.07, 6.45) is 4.88. The largest absolute Gasteiger partial charge is 0.384 e. The van der Waals surface area contributed by atoms with Crippen LogP contribution >= 0.6 is 0 Å². The smallest absolute Gasteiger partial charge is 0.257 e. The molecule has 1 aliphatic rings. The Balaban J connectivity index is 2.15. The first-order valence-electron chi connectivity index (χ1n) is 7.93. The second kappa shape index (κ2) is 6.46. The highest BCUT2D eigenvalue weighted by Gasteiger charge is 2.29. The lowest BCUT2D eigenvalue weighted by atomic mass is 9.82. The summed E-state index contributed by atoms with van der Waals surface area (Å²) in [5.74, 6) is 0.108. The fourth-order valence-corrected chi connectivity index (χ4v) is 2.62. The van der Waals surface area contributed by atoms with E-state index in [1.54, 1.807) is 6.20 Å². The minimum atomic E-state index is 0.108. The topological polar surface area (TPSA) is 45.2 Å². The van der Waals surface area contributed by atoms with Crippen molar-refractivity contribution < 1.29 is 4.79 Å². The molecule has 0 unspecified atom stereocenters. The summed E-state index contributed by atoms with van der Waals surface area (Å²) in [5, 5.41) is 3.35. The summed E-state index contributed by atoms with van der Waals surface area (Å²) in [6, 6.07) is 1.97. The van der Waals surface area contributed by atoms with Crippen molar-refractivity contribution in [2.24, 2.45) is 5.41 Å². The van der Waals surface area contributed by atoms with E-state index in [9.17, 15) is 4.79 Å². The Morgan fingerprint density at radius 1 is 1.38 bits per heavy atom. The van der Waals surface area contributed by atoms with Gasteiger partial charge in [0, 0.05) is 31.5 Å². The van der Waals surface area contributed by atoms with Crippen LogP contribution in [0.2, 0.25) is 0 Å².